The number of carbonyl (C=O) groups excluding carboxylic acids is 2. The predicted octanol–water partition coefficient (Wildman–Crippen LogP) is 5.18. The Labute approximate surface area is 247 Å². The molecule has 0 bridgehead atoms. The largest absolute Gasteiger partial charge is 0.490 e. The lowest BCUT2D eigenvalue weighted by atomic mass is 10.0. The van der Waals surface area contributed by atoms with Crippen molar-refractivity contribution in [3.63, 3.8) is 0 Å². The first-order chi connectivity index (χ1) is 19.8. The van der Waals surface area contributed by atoms with Gasteiger partial charge in [-0.25, -0.2) is 9.78 Å². The van der Waals surface area contributed by atoms with Gasteiger partial charge < -0.3 is 24.7 Å². The molecule has 2 aromatic carbocycles. The zero-order valence-corrected chi connectivity index (χ0v) is 24.5. The summed E-state index contributed by atoms with van der Waals surface area (Å²) in [6.45, 7) is 5.40. The molecule has 3 amide bonds. The highest BCUT2D eigenvalue weighted by molar-refractivity contribution is 9.10. The minimum absolute atomic E-state index is 0.0946. The number of aromatic nitrogens is 2. The first kappa shape index (κ1) is 28.2. The topological polar surface area (TPSA) is 112 Å². The van der Waals surface area contributed by atoms with Crippen LogP contribution >= 0.6 is 15.9 Å². The molecule has 41 heavy (non-hydrogen) atoms. The van der Waals surface area contributed by atoms with E-state index in [0.29, 0.717) is 42.9 Å². The van der Waals surface area contributed by atoms with Crippen LogP contribution in [-0.2, 0) is 6.42 Å². The second kappa shape index (κ2) is 12.4. The van der Waals surface area contributed by atoms with Crippen molar-refractivity contribution in [2.75, 3.05) is 19.6 Å². The van der Waals surface area contributed by atoms with Crippen molar-refractivity contribution in [3.8, 4) is 23.1 Å². The molecular weight excluding hydrogens is 584 g/mol. The number of ether oxygens (including phenoxy) is 1. The maximum atomic E-state index is 13.3. The zero-order chi connectivity index (χ0) is 28.9. The number of rotatable bonds is 9. The van der Waals surface area contributed by atoms with E-state index >= 15 is 0 Å². The van der Waals surface area contributed by atoms with Crippen molar-refractivity contribution < 1.29 is 14.3 Å². The number of amides is 3. The standard InChI is InChI=1S/C31H31BrN6O3/c1-20(2)41-28-11-10-23(16-24(28)17-33)30(39)35-25(18-38-14-4-12-34-31(38)40)15-21-6-8-22(9-7-21)27-19-37-13-3-5-26(32)29(37)36-27/h3,5-11,13,16,19-20,25H,4,12,14-15,18H2,1-2H3,(H,34,40)(H,35,39). The van der Waals surface area contributed by atoms with Gasteiger partial charge in [-0.15, -0.1) is 0 Å². The van der Waals surface area contributed by atoms with Crippen LogP contribution in [0.1, 0.15) is 41.8 Å². The van der Waals surface area contributed by atoms with Gasteiger partial charge in [0.2, 0.25) is 0 Å². The Hall–Kier alpha value is -4.36. The second-order valence-electron chi connectivity index (χ2n) is 10.3. The summed E-state index contributed by atoms with van der Waals surface area (Å²) in [5.41, 5.74) is 4.36. The van der Waals surface area contributed by atoms with Crippen LogP contribution in [-0.4, -0.2) is 58.0 Å². The second-order valence-corrected chi connectivity index (χ2v) is 11.2. The summed E-state index contributed by atoms with van der Waals surface area (Å²) < 4.78 is 8.59. The molecule has 10 heteroatoms. The summed E-state index contributed by atoms with van der Waals surface area (Å²) in [4.78, 5) is 32.3. The molecule has 2 aromatic heterocycles. The van der Waals surface area contributed by atoms with Gasteiger partial charge in [0, 0.05) is 43.2 Å². The molecular formula is C31H31BrN6O3. The van der Waals surface area contributed by atoms with Crippen LogP contribution < -0.4 is 15.4 Å². The summed E-state index contributed by atoms with van der Waals surface area (Å²) in [5.74, 6) is 0.130. The highest BCUT2D eigenvalue weighted by atomic mass is 79.9. The Kier molecular flexibility index (Phi) is 8.55. The van der Waals surface area contributed by atoms with Crippen molar-refractivity contribution >= 4 is 33.5 Å². The van der Waals surface area contributed by atoms with Gasteiger partial charge in [0.1, 0.15) is 11.8 Å². The fraction of sp³-hybridized carbons (Fsp3) is 0.290. The molecule has 1 atom stereocenters. The highest BCUT2D eigenvalue weighted by Crippen LogP contribution is 2.24. The van der Waals surface area contributed by atoms with Gasteiger partial charge in [-0.05, 0) is 78.5 Å². The zero-order valence-electron chi connectivity index (χ0n) is 22.9. The normalized spacial score (nSPS) is 14.0. The number of nitrogens with zero attached hydrogens (tertiary/aromatic N) is 4. The molecule has 1 aliphatic rings. The third-order valence-corrected chi connectivity index (χ3v) is 7.46. The maximum Gasteiger partial charge on any atom is 0.317 e. The number of hydrogen-bond acceptors (Lipinski definition) is 5. The van der Waals surface area contributed by atoms with Crippen molar-refractivity contribution in [1.82, 2.24) is 24.9 Å². The predicted molar refractivity (Wildman–Crippen MR) is 160 cm³/mol. The molecule has 0 aliphatic carbocycles. The number of fused-ring (bicyclic) bond motifs is 1. The Bertz CT molecular complexity index is 1610. The number of imidazole rings is 1. The van der Waals surface area contributed by atoms with Crippen molar-refractivity contribution in [2.45, 2.75) is 38.8 Å². The number of hydrogen-bond donors (Lipinski definition) is 2. The van der Waals surface area contributed by atoms with E-state index in [9.17, 15) is 14.9 Å². The van der Waals surface area contributed by atoms with E-state index < -0.39 is 0 Å². The fourth-order valence-electron chi connectivity index (χ4n) is 4.88. The lowest BCUT2D eigenvalue weighted by Crippen LogP contribution is -2.52. The van der Waals surface area contributed by atoms with E-state index in [1.54, 1.807) is 23.1 Å². The smallest absolute Gasteiger partial charge is 0.317 e. The molecule has 4 aromatic rings. The van der Waals surface area contributed by atoms with Gasteiger partial charge in [0.25, 0.3) is 5.91 Å². The summed E-state index contributed by atoms with van der Waals surface area (Å²) in [6.07, 6.45) is 5.22. The van der Waals surface area contributed by atoms with E-state index in [4.69, 9.17) is 9.72 Å². The van der Waals surface area contributed by atoms with Crippen molar-refractivity contribution in [2.24, 2.45) is 0 Å². The van der Waals surface area contributed by atoms with Crippen LogP contribution in [0.25, 0.3) is 16.9 Å². The third-order valence-electron chi connectivity index (χ3n) is 6.84. The third kappa shape index (κ3) is 6.69. The Morgan fingerprint density at radius 2 is 2.02 bits per heavy atom. The molecule has 1 saturated heterocycles. The SMILES string of the molecule is CC(C)Oc1ccc(C(=O)NC(Cc2ccc(-c3cn4cccc(Br)c4n3)cc2)CN2CCCNC2=O)cc1C#N. The number of nitriles is 1. The summed E-state index contributed by atoms with van der Waals surface area (Å²) in [7, 11) is 0. The lowest BCUT2D eigenvalue weighted by molar-refractivity contribution is 0.0924. The summed E-state index contributed by atoms with van der Waals surface area (Å²) >= 11 is 3.55. The fourth-order valence-corrected chi connectivity index (χ4v) is 5.32. The molecule has 9 nitrogen and oxygen atoms in total. The number of urea groups is 1. The molecule has 1 unspecified atom stereocenters. The molecule has 3 heterocycles. The van der Waals surface area contributed by atoms with Crippen LogP contribution in [0.4, 0.5) is 4.79 Å². The van der Waals surface area contributed by atoms with Gasteiger partial charge in [0.05, 0.1) is 27.9 Å². The quantitative estimate of drug-likeness (QED) is 0.270. The van der Waals surface area contributed by atoms with Crippen LogP contribution in [0.15, 0.2) is 71.5 Å². The Morgan fingerprint density at radius 3 is 2.73 bits per heavy atom. The molecule has 0 saturated carbocycles. The Morgan fingerprint density at radius 1 is 1.22 bits per heavy atom. The maximum absolute atomic E-state index is 13.3. The van der Waals surface area contributed by atoms with E-state index in [2.05, 4.69) is 32.6 Å². The first-order valence-electron chi connectivity index (χ1n) is 13.6. The molecule has 210 valence electrons. The monoisotopic (exact) mass is 614 g/mol. The minimum Gasteiger partial charge on any atom is -0.490 e. The van der Waals surface area contributed by atoms with E-state index in [-0.39, 0.29) is 24.1 Å². The van der Waals surface area contributed by atoms with E-state index in [1.165, 1.54) is 0 Å². The molecule has 1 fully saturated rings. The number of carbonyl (C=O) groups is 2. The van der Waals surface area contributed by atoms with E-state index in [1.807, 2.05) is 67.0 Å². The number of pyridine rings is 1. The van der Waals surface area contributed by atoms with Gasteiger partial charge in [0.15, 0.2) is 5.65 Å². The Balaban J connectivity index is 1.35. The molecule has 2 N–H and O–H groups in total. The molecule has 5 rings (SSSR count). The van der Waals surface area contributed by atoms with Gasteiger partial charge >= 0.3 is 6.03 Å². The summed E-state index contributed by atoms with van der Waals surface area (Å²) in [5, 5.41) is 15.6. The number of nitrogens with one attached hydrogen (secondary N) is 2. The van der Waals surface area contributed by atoms with Crippen molar-refractivity contribution in [3.05, 3.63) is 88.2 Å². The van der Waals surface area contributed by atoms with Crippen LogP contribution in [0.3, 0.4) is 0 Å². The van der Waals surface area contributed by atoms with Crippen molar-refractivity contribution in [1.29, 1.82) is 5.26 Å². The minimum atomic E-state index is -0.347. The summed E-state index contributed by atoms with van der Waals surface area (Å²) in [6, 6.07) is 18.5. The van der Waals surface area contributed by atoms with Crippen LogP contribution in [0.5, 0.6) is 5.75 Å². The van der Waals surface area contributed by atoms with Gasteiger partial charge in [-0.2, -0.15) is 5.26 Å². The average molecular weight is 616 g/mol. The first-order valence-corrected chi connectivity index (χ1v) is 14.4. The average Bonchev–Trinajstić information content (AvgIpc) is 3.40. The van der Waals surface area contributed by atoms with Gasteiger partial charge in [-0.1, -0.05) is 24.3 Å². The molecule has 0 spiro atoms. The van der Waals surface area contributed by atoms with E-state index in [0.717, 1.165) is 33.4 Å². The van der Waals surface area contributed by atoms with Gasteiger partial charge in [-0.3, -0.25) is 4.79 Å². The van der Waals surface area contributed by atoms with Crippen LogP contribution in [0, 0.1) is 11.3 Å². The number of benzene rings is 2. The molecule has 1 aliphatic heterocycles. The number of halogens is 1. The highest BCUT2D eigenvalue weighted by Gasteiger charge is 2.24. The lowest BCUT2D eigenvalue weighted by Gasteiger charge is -2.31. The molecule has 0 radical (unpaired) electrons. The van der Waals surface area contributed by atoms with Crippen LogP contribution in [0.2, 0.25) is 0 Å².